The molecule has 0 aliphatic heterocycles. The normalized spacial score (nSPS) is 10.4. The van der Waals surface area contributed by atoms with Gasteiger partial charge in [0, 0.05) is 19.3 Å². The summed E-state index contributed by atoms with van der Waals surface area (Å²) in [5.41, 5.74) is 0. The Balaban J connectivity index is 1.96. The molecule has 0 aliphatic rings. The van der Waals surface area contributed by atoms with Crippen molar-refractivity contribution in [2.75, 3.05) is 12.4 Å². The van der Waals surface area contributed by atoms with Crippen LogP contribution >= 0.6 is 11.6 Å². The summed E-state index contributed by atoms with van der Waals surface area (Å²) < 4.78 is 6.92. The highest BCUT2D eigenvalue weighted by Gasteiger charge is 2.10. The second-order valence-corrected chi connectivity index (χ2v) is 4.21. The summed E-state index contributed by atoms with van der Waals surface area (Å²) in [6.45, 7) is 0. The van der Waals surface area contributed by atoms with Crippen LogP contribution in [0.4, 0.5) is 5.95 Å². The highest BCUT2D eigenvalue weighted by Crippen LogP contribution is 2.21. The van der Waals surface area contributed by atoms with Gasteiger partial charge in [-0.1, -0.05) is 11.6 Å². The number of nitrogens with zero attached hydrogens (tertiary/aromatic N) is 7. The van der Waals surface area contributed by atoms with Gasteiger partial charge in [0.1, 0.15) is 12.7 Å². The van der Waals surface area contributed by atoms with E-state index in [9.17, 15) is 0 Å². The van der Waals surface area contributed by atoms with Crippen LogP contribution in [0.1, 0.15) is 0 Å². The lowest BCUT2D eigenvalue weighted by Gasteiger charge is -2.07. The maximum atomic E-state index is 5.85. The average Bonchev–Trinajstić information content (AvgIpc) is 3.01. The molecule has 0 amide bonds. The molecule has 0 spiro atoms. The summed E-state index contributed by atoms with van der Waals surface area (Å²) in [6.07, 6.45) is 5.86. The maximum Gasteiger partial charge on any atom is 0.328 e. The minimum Gasteiger partial charge on any atom is -0.422 e. The first kappa shape index (κ1) is 13.2. The number of hydrogen-bond acceptors (Lipinski definition) is 8. The summed E-state index contributed by atoms with van der Waals surface area (Å²) >= 11 is 5.85. The fourth-order valence-corrected chi connectivity index (χ4v) is 1.63. The van der Waals surface area contributed by atoms with Gasteiger partial charge in [-0.25, -0.2) is 4.98 Å². The lowest BCUT2D eigenvalue weighted by molar-refractivity contribution is 0.436. The Morgan fingerprint density at radius 3 is 2.81 bits per heavy atom. The van der Waals surface area contributed by atoms with E-state index < -0.39 is 0 Å². The van der Waals surface area contributed by atoms with Crippen LogP contribution in [0.15, 0.2) is 31.1 Å². The standard InChI is InChI=1S/C11H9ClN8O/c1-13-9-17-10(20-6-15-5-16-20)19-11(18-9)21-8-2-7(12)3-14-4-8/h2-6H,1H3,(H,13,17,18,19). The van der Waals surface area contributed by atoms with Crippen molar-refractivity contribution >= 4 is 17.5 Å². The Labute approximate surface area is 124 Å². The Hall–Kier alpha value is -2.81. The Kier molecular flexibility index (Phi) is 3.56. The third kappa shape index (κ3) is 3.03. The molecule has 3 aromatic heterocycles. The topological polar surface area (TPSA) is 104 Å². The molecule has 3 aromatic rings. The Morgan fingerprint density at radius 2 is 2.10 bits per heavy atom. The van der Waals surface area contributed by atoms with Crippen molar-refractivity contribution in [3.05, 3.63) is 36.1 Å². The fourth-order valence-electron chi connectivity index (χ4n) is 1.47. The smallest absolute Gasteiger partial charge is 0.328 e. The summed E-state index contributed by atoms with van der Waals surface area (Å²) in [6, 6.07) is 1.69. The van der Waals surface area contributed by atoms with E-state index in [2.05, 4.69) is 35.3 Å². The van der Waals surface area contributed by atoms with Crippen LogP contribution in [0.5, 0.6) is 11.8 Å². The van der Waals surface area contributed by atoms with Gasteiger partial charge in [-0.2, -0.15) is 24.7 Å². The van der Waals surface area contributed by atoms with Crippen molar-refractivity contribution < 1.29 is 4.74 Å². The highest BCUT2D eigenvalue weighted by molar-refractivity contribution is 6.30. The first-order valence-electron chi connectivity index (χ1n) is 5.82. The van der Waals surface area contributed by atoms with Crippen LogP contribution in [0.25, 0.3) is 5.95 Å². The van der Waals surface area contributed by atoms with Crippen LogP contribution in [-0.2, 0) is 0 Å². The number of hydrogen-bond donors (Lipinski definition) is 1. The second-order valence-electron chi connectivity index (χ2n) is 3.77. The molecule has 0 radical (unpaired) electrons. The number of anilines is 1. The molecule has 0 unspecified atom stereocenters. The van der Waals surface area contributed by atoms with Crippen LogP contribution < -0.4 is 10.1 Å². The molecule has 21 heavy (non-hydrogen) atoms. The quantitative estimate of drug-likeness (QED) is 0.770. The van der Waals surface area contributed by atoms with Gasteiger partial charge < -0.3 is 10.1 Å². The van der Waals surface area contributed by atoms with Crippen LogP contribution in [-0.4, -0.2) is 41.7 Å². The molecule has 1 N–H and O–H groups in total. The molecule has 0 aliphatic carbocycles. The highest BCUT2D eigenvalue weighted by atomic mass is 35.5. The number of pyridine rings is 1. The molecule has 0 saturated carbocycles. The first-order chi connectivity index (χ1) is 10.2. The third-order valence-corrected chi connectivity index (χ3v) is 2.55. The lowest BCUT2D eigenvalue weighted by atomic mass is 10.5. The number of halogens is 1. The van der Waals surface area contributed by atoms with Gasteiger partial charge in [-0.3, -0.25) is 4.98 Å². The summed E-state index contributed by atoms with van der Waals surface area (Å²) in [5.74, 6) is 1.03. The van der Waals surface area contributed by atoms with Gasteiger partial charge in [-0.15, -0.1) is 0 Å². The van der Waals surface area contributed by atoms with E-state index in [0.717, 1.165) is 0 Å². The Bertz CT molecular complexity index is 748. The predicted octanol–water partition coefficient (Wildman–Crippen LogP) is 1.33. The zero-order chi connectivity index (χ0) is 14.7. The fraction of sp³-hybridized carbons (Fsp3) is 0.0909. The molecule has 10 heteroatoms. The van der Waals surface area contributed by atoms with Crippen LogP contribution in [0, 0.1) is 0 Å². The molecule has 0 fully saturated rings. The van der Waals surface area contributed by atoms with Crippen LogP contribution in [0.3, 0.4) is 0 Å². The zero-order valence-corrected chi connectivity index (χ0v) is 11.6. The molecule has 3 heterocycles. The van der Waals surface area contributed by atoms with Crippen molar-refractivity contribution in [3.63, 3.8) is 0 Å². The maximum absolute atomic E-state index is 5.85. The predicted molar refractivity (Wildman–Crippen MR) is 73.6 cm³/mol. The zero-order valence-electron chi connectivity index (χ0n) is 10.8. The van der Waals surface area contributed by atoms with Gasteiger partial charge in [0.2, 0.25) is 5.95 Å². The number of rotatable bonds is 4. The van der Waals surface area contributed by atoms with Gasteiger partial charge in [0.25, 0.3) is 5.95 Å². The van der Waals surface area contributed by atoms with Crippen molar-refractivity contribution in [2.24, 2.45) is 0 Å². The SMILES string of the molecule is CNc1nc(Oc2cncc(Cl)c2)nc(-n2cncn2)n1. The average molecular weight is 305 g/mol. The van der Waals surface area contributed by atoms with E-state index >= 15 is 0 Å². The second kappa shape index (κ2) is 5.67. The molecule has 106 valence electrons. The number of aromatic nitrogens is 7. The molecule has 0 atom stereocenters. The van der Waals surface area contributed by atoms with E-state index in [1.807, 2.05) is 0 Å². The molecular formula is C11H9ClN8O. The largest absolute Gasteiger partial charge is 0.422 e. The lowest BCUT2D eigenvalue weighted by Crippen LogP contribution is -2.08. The minimum atomic E-state index is 0.0870. The molecule has 9 nitrogen and oxygen atoms in total. The molecule has 0 aromatic carbocycles. The van der Waals surface area contributed by atoms with Crippen molar-refractivity contribution in [2.45, 2.75) is 0 Å². The van der Waals surface area contributed by atoms with E-state index in [1.54, 1.807) is 13.1 Å². The molecule has 3 rings (SSSR count). The van der Waals surface area contributed by atoms with Crippen molar-refractivity contribution in [1.29, 1.82) is 0 Å². The summed E-state index contributed by atoms with van der Waals surface area (Å²) in [5, 5.41) is 7.23. The minimum absolute atomic E-state index is 0.0870. The van der Waals surface area contributed by atoms with Crippen LogP contribution in [0.2, 0.25) is 5.02 Å². The summed E-state index contributed by atoms with van der Waals surface area (Å²) in [7, 11) is 1.69. The van der Waals surface area contributed by atoms with E-state index in [1.165, 1.54) is 29.7 Å². The van der Waals surface area contributed by atoms with Crippen molar-refractivity contribution in [3.8, 4) is 17.7 Å². The van der Waals surface area contributed by atoms with Crippen molar-refractivity contribution in [1.82, 2.24) is 34.7 Å². The van der Waals surface area contributed by atoms with Gasteiger partial charge in [-0.05, 0) is 0 Å². The molecule has 0 saturated heterocycles. The van der Waals surface area contributed by atoms with Gasteiger partial charge in [0.15, 0.2) is 5.75 Å². The molecular weight excluding hydrogens is 296 g/mol. The monoisotopic (exact) mass is 304 g/mol. The van der Waals surface area contributed by atoms with E-state index in [-0.39, 0.29) is 12.0 Å². The summed E-state index contributed by atoms with van der Waals surface area (Å²) in [4.78, 5) is 20.2. The van der Waals surface area contributed by atoms with Gasteiger partial charge >= 0.3 is 6.01 Å². The molecule has 0 bridgehead atoms. The number of nitrogens with one attached hydrogen (secondary N) is 1. The van der Waals surface area contributed by atoms with E-state index in [4.69, 9.17) is 16.3 Å². The van der Waals surface area contributed by atoms with Gasteiger partial charge in [0.05, 0.1) is 11.2 Å². The first-order valence-corrected chi connectivity index (χ1v) is 6.19. The third-order valence-electron chi connectivity index (χ3n) is 2.34. The van der Waals surface area contributed by atoms with E-state index in [0.29, 0.717) is 16.7 Å². The Morgan fingerprint density at radius 1 is 1.19 bits per heavy atom. The number of ether oxygens (including phenoxy) is 1.